The molecule has 0 bridgehead atoms. The average molecular weight is 276 g/mol. The Kier molecular flexibility index (Phi) is 4.57. The SMILES string of the molecule is CC.Cc1ncc2c(n1)N(C1CCCC1)CC(=O)N2C. The fraction of sp³-hybridized carbons (Fsp3) is 0.667. The van der Waals surface area contributed by atoms with Crippen molar-refractivity contribution < 1.29 is 4.79 Å². The Balaban J connectivity index is 0.000000704. The predicted octanol–water partition coefficient (Wildman–Crippen LogP) is 2.54. The lowest BCUT2D eigenvalue weighted by atomic mass is 10.1. The highest BCUT2D eigenvalue weighted by molar-refractivity contribution is 6.01. The molecule has 1 aromatic rings. The first-order valence-electron chi connectivity index (χ1n) is 7.53. The molecule has 2 aliphatic rings. The van der Waals surface area contributed by atoms with Crippen LogP contribution in [0.4, 0.5) is 11.5 Å². The monoisotopic (exact) mass is 276 g/mol. The quantitative estimate of drug-likeness (QED) is 0.791. The van der Waals surface area contributed by atoms with Crippen molar-refractivity contribution in [1.29, 1.82) is 0 Å². The molecule has 2 heterocycles. The zero-order chi connectivity index (χ0) is 14.7. The topological polar surface area (TPSA) is 49.3 Å². The van der Waals surface area contributed by atoms with E-state index < -0.39 is 0 Å². The van der Waals surface area contributed by atoms with Gasteiger partial charge in [0.25, 0.3) is 0 Å². The van der Waals surface area contributed by atoms with Crippen LogP contribution in [0.2, 0.25) is 0 Å². The average Bonchev–Trinajstić information content (AvgIpc) is 2.99. The van der Waals surface area contributed by atoms with Crippen molar-refractivity contribution in [3.8, 4) is 0 Å². The summed E-state index contributed by atoms with van der Waals surface area (Å²) in [7, 11) is 1.80. The molecule has 1 saturated carbocycles. The maximum Gasteiger partial charge on any atom is 0.246 e. The number of rotatable bonds is 1. The van der Waals surface area contributed by atoms with Gasteiger partial charge in [0.2, 0.25) is 5.91 Å². The molecule has 110 valence electrons. The van der Waals surface area contributed by atoms with E-state index in [1.807, 2.05) is 20.8 Å². The fourth-order valence-corrected chi connectivity index (χ4v) is 2.88. The van der Waals surface area contributed by atoms with Crippen LogP contribution in [0.1, 0.15) is 45.4 Å². The van der Waals surface area contributed by atoms with Crippen molar-refractivity contribution in [2.45, 2.75) is 52.5 Å². The van der Waals surface area contributed by atoms with E-state index in [2.05, 4.69) is 14.9 Å². The molecule has 0 saturated heterocycles. The minimum absolute atomic E-state index is 0.127. The third-order valence-corrected chi connectivity index (χ3v) is 3.95. The van der Waals surface area contributed by atoms with E-state index in [0.29, 0.717) is 12.6 Å². The Bertz CT molecular complexity index is 483. The van der Waals surface area contributed by atoms with Crippen molar-refractivity contribution in [3.05, 3.63) is 12.0 Å². The summed E-state index contributed by atoms with van der Waals surface area (Å²) < 4.78 is 0. The maximum atomic E-state index is 12.0. The molecule has 5 heteroatoms. The van der Waals surface area contributed by atoms with E-state index >= 15 is 0 Å². The van der Waals surface area contributed by atoms with Crippen LogP contribution in [0.25, 0.3) is 0 Å². The van der Waals surface area contributed by atoms with E-state index in [0.717, 1.165) is 17.3 Å². The van der Waals surface area contributed by atoms with Gasteiger partial charge in [-0.05, 0) is 19.8 Å². The lowest BCUT2D eigenvalue weighted by Crippen LogP contribution is -2.48. The van der Waals surface area contributed by atoms with Crippen LogP contribution in [0.3, 0.4) is 0 Å². The van der Waals surface area contributed by atoms with Gasteiger partial charge in [0, 0.05) is 13.1 Å². The Morgan fingerprint density at radius 3 is 2.55 bits per heavy atom. The zero-order valence-corrected chi connectivity index (χ0v) is 12.9. The van der Waals surface area contributed by atoms with Crippen LogP contribution >= 0.6 is 0 Å². The number of aryl methyl sites for hydroxylation is 1. The standard InChI is InChI=1S/C13H18N4O.C2H6/c1-9-14-7-11-13(15-9)17(8-12(18)16(11)2)10-5-3-4-6-10;1-2/h7,10H,3-6,8H2,1-2H3;1-2H3. The molecule has 0 atom stereocenters. The largest absolute Gasteiger partial charge is 0.342 e. The molecule has 0 aromatic carbocycles. The van der Waals surface area contributed by atoms with E-state index in [1.54, 1.807) is 18.1 Å². The minimum atomic E-state index is 0.127. The number of amides is 1. The number of hydrogen-bond acceptors (Lipinski definition) is 4. The second-order valence-corrected chi connectivity index (χ2v) is 5.15. The summed E-state index contributed by atoms with van der Waals surface area (Å²) in [6, 6.07) is 0.468. The molecule has 5 nitrogen and oxygen atoms in total. The van der Waals surface area contributed by atoms with Crippen LogP contribution in [0, 0.1) is 6.92 Å². The number of nitrogens with zero attached hydrogens (tertiary/aromatic N) is 4. The van der Waals surface area contributed by atoms with E-state index in [4.69, 9.17) is 0 Å². The van der Waals surface area contributed by atoms with Gasteiger partial charge >= 0.3 is 0 Å². The molecule has 1 fully saturated rings. The molecule has 1 aliphatic heterocycles. The minimum Gasteiger partial charge on any atom is -0.342 e. The predicted molar refractivity (Wildman–Crippen MR) is 81.1 cm³/mol. The molecular formula is C15H24N4O. The molecule has 0 unspecified atom stereocenters. The van der Waals surface area contributed by atoms with E-state index in [-0.39, 0.29) is 5.91 Å². The number of hydrogen-bond donors (Lipinski definition) is 0. The molecule has 1 aromatic heterocycles. The van der Waals surface area contributed by atoms with Crippen LogP contribution in [-0.2, 0) is 4.79 Å². The fourth-order valence-electron chi connectivity index (χ4n) is 2.88. The lowest BCUT2D eigenvalue weighted by Gasteiger charge is -2.37. The van der Waals surface area contributed by atoms with Gasteiger partial charge in [0.05, 0.1) is 12.7 Å². The van der Waals surface area contributed by atoms with E-state index in [1.165, 1.54) is 25.7 Å². The second kappa shape index (κ2) is 6.20. The Labute approximate surface area is 121 Å². The molecule has 0 N–H and O–H groups in total. The van der Waals surface area contributed by atoms with Gasteiger partial charge in [-0.2, -0.15) is 0 Å². The van der Waals surface area contributed by atoms with Gasteiger partial charge in [-0.1, -0.05) is 26.7 Å². The van der Waals surface area contributed by atoms with E-state index in [9.17, 15) is 4.79 Å². The molecule has 1 amide bonds. The first kappa shape index (κ1) is 14.8. The number of carbonyl (C=O) groups is 1. The van der Waals surface area contributed by atoms with Crippen LogP contribution in [0.5, 0.6) is 0 Å². The number of fused-ring (bicyclic) bond motifs is 1. The van der Waals surface area contributed by atoms with Gasteiger partial charge in [0.15, 0.2) is 5.82 Å². The Morgan fingerprint density at radius 1 is 1.25 bits per heavy atom. The third kappa shape index (κ3) is 2.62. The number of likely N-dealkylation sites (N-methyl/N-ethyl adjacent to an activating group) is 1. The summed E-state index contributed by atoms with van der Waals surface area (Å²) in [6.07, 6.45) is 6.60. The van der Waals surface area contributed by atoms with Crippen molar-refractivity contribution >= 4 is 17.4 Å². The lowest BCUT2D eigenvalue weighted by molar-refractivity contribution is -0.117. The highest BCUT2D eigenvalue weighted by Gasteiger charge is 2.33. The summed E-state index contributed by atoms with van der Waals surface area (Å²) in [6.45, 7) is 6.34. The summed E-state index contributed by atoms with van der Waals surface area (Å²) in [5, 5.41) is 0. The zero-order valence-electron chi connectivity index (χ0n) is 12.9. The van der Waals surface area contributed by atoms with Crippen LogP contribution in [-0.4, -0.2) is 35.5 Å². The molecule has 1 aliphatic carbocycles. The third-order valence-electron chi connectivity index (χ3n) is 3.95. The molecule has 3 rings (SSSR count). The molecule has 0 radical (unpaired) electrons. The van der Waals surface area contributed by atoms with Crippen molar-refractivity contribution in [2.24, 2.45) is 0 Å². The normalized spacial score (nSPS) is 18.7. The summed E-state index contributed by atoms with van der Waals surface area (Å²) >= 11 is 0. The maximum absolute atomic E-state index is 12.0. The summed E-state index contributed by atoms with van der Waals surface area (Å²) in [5.74, 6) is 1.82. The van der Waals surface area contributed by atoms with Crippen molar-refractivity contribution in [3.63, 3.8) is 0 Å². The summed E-state index contributed by atoms with van der Waals surface area (Å²) in [4.78, 5) is 24.6. The summed E-state index contributed by atoms with van der Waals surface area (Å²) in [5.41, 5.74) is 0.837. The molecule has 0 spiro atoms. The smallest absolute Gasteiger partial charge is 0.246 e. The van der Waals surface area contributed by atoms with Crippen molar-refractivity contribution in [2.75, 3.05) is 23.4 Å². The van der Waals surface area contributed by atoms with Gasteiger partial charge < -0.3 is 9.80 Å². The van der Waals surface area contributed by atoms with Crippen LogP contribution < -0.4 is 9.80 Å². The van der Waals surface area contributed by atoms with Gasteiger partial charge in [-0.15, -0.1) is 0 Å². The number of anilines is 2. The number of aromatic nitrogens is 2. The second-order valence-electron chi connectivity index (χ2n) is 5.15. The number of carbonyl (C=O) groups excluding carboxylic acids is 1. The van der Waals surface area contributed by atoms with Gasteiger partial charge in [-0.25, -0.2) is 9.97 Å². The Hall–Kier alpha value is -1.65. The van der Waals surface area contributed by atoms with Crippen molar-refractivity contribution in [1.82, 2.24) is 9.97 Å². The van der Waals surface area contributed by atoms with Crippen LogP contribution in [0.15, 0.2) is 6.20 Å². The molecule has 20 heavy (non-hydrogen) atoms. The first-order valence-corrected chi connectivity index (χ1v) is 7.53. The first-order chi connectivity index (χ1) is 9.66. The highest BCUT2D eigenvalue weighted by atomic mass is 16.2. The highest BCUT2D eigenvalue weighted by Crippen LogP contribution is 2.35. The van der Waals surface area contributed by atoms with Gasteiger partial charge in [0.1, 0.15) is 11.5 Å². The van der Waals surface area contributed by atoms with Gasteiger partial charge in [-0.3, -0.25) is 4.79 Å². The molecular weight excluding hydrogens is 252 g/mol. The Morgan fingerprint density at radius 2 is 1.90 bits per heavy atom.